The van der Waals surface area contributed by atoms with Crippen molar-refractivity contribution in [2.75, 3.05) is 25.2 Å². The molecule has 0 unspecified atom stereocenters. The predicted molar refractivity (Wildman–Crippen MR) is 70.9 cm³/mol. The van der Waals surface area contributed by atoms with Crippen LogP contribution in [0, 0.1) is 0 Å². The van der Waals surface area contributed by atoms with E-state index in [0.29, 0.717) is 17.9 Å². The van der Waals surface area contributed by atoms with Crippen LogP contribution in [0.2, 0.25) is 0 Å². The summed E-state index contributed by atoms with van der Waals surface area (Å²) in [6, 6.07) is 5.57. The third-order valence-corrected chi connectivity index (χ3v) is 3.16. The molecule has 0 radical (unpaired) electrons. The number of nitrogens with one attached hydrogen (secondary N) is 1. The summed E-state index contributed by atoms with van der Waals surface area (Å²) in [7, 11) is 1.57. The first-order valence-corrected chi connectivity index (χ1v) is 7.13. The molecule has 0 spiro atoms. The van der Waals surface area contributed by atoms with Gasteiger partial charge < -0.3 is 10.1 Å². The van der Waals surface area contributed by atoms with Gasteiger partial charge in [-0.05, 0) is 24.5 Å². The van der Waals surface area contributed by atoms with Gasteiger partial charge in [0.1, 0.15) is 5.75 Å². The van der Waals surface area contributed by atoms with Gasteiger partial charge in [0.2, 0.25) is 0 Å². The summed E-state index contributed by atoms with van der Waals surface area (Å²) in [4.78, 5) is 12.8. The van der Waals surface area contributed by atoms with E-state index in [9.17, 15) is 4.79 Å². The lowest BCUT2D eigenvalue weighted by Crippen LogP contribution is -2.25. The van der Waals surface area contributed by atoms with E-state index in [1.807, 2.05) is 18.4 Å². The molecule has 16 heavy (non-hydrogen) atoms. The average molecular weight is 304 g/mol. The zero-order valence-electron chi connectivity index (χ0n) is 9.25. The van der Waals surface area contributed by atoms with E-state index in [1.165, 1.54) is 0 Å². The van der Waals surface area contributed by atoms with E-state index in [-0.39, 0.29) is 5.91 Å². The molecule has 0 aliphatic rings. The summed E-state index contributed by atoms with van der Waals surface area (Å²) < 4.78 is 5.20. The number of ether oxygens (including phenoxy) is 1. The summed E-state index contributed by atoms with van der Waals surface area (Å²) in [5.74, 6) is 0.503. The Labute approximate surface area is 108 Å². The van der Waals surface area contributed by atoms with Gasteiger partial charge in [0, 0.05) is 16.8 Å². The van der Waals surface area contributed by atoms with E-state index < -0.39 is 0 Å². The first kappa shape index (κ1) is 13.4. The first-order valence-electron chi connectivity index (χ1n) is 4.79. The number of thioether (sulfide) groups is 1. The molecule has 1 N–H and O–H groups in total. The Hall–Kier alpha value is -0.680. The van der Waals surface area contributed by atoms with Crippen LogP contribution in [0.3, 0.4) is 0 Å². The Bertz CT molecular complexity index is 371. The third kappa shape index (κ3) is 3.42. The molecule has 1 aromatic rings. The van der Waals surface area contributed by atoms with E-state index in [1.54, 1.807) is 24.9 Å². The summed E-state index contributed by atoms with van der Waals surface area (Å²) in [6.07, 6.45) is 1.99. The van der Waals surface area contributed by atoms with E-state index >= 15 is 0 Å². The van der Waals surface area contributed by atoms with Gasteiger partial charge in [0.15, 0.2) is 0 Å². The Kier molecular flexibility index (Phi) is 5.69. The fraction of sp³-hybridized carbons (Fsp3) is 0.364. The number of alkyl halides is 1. The molecule has 0 heterocycles. The van der Waals surface area contributed by atoms with Crippen LogP contribution in [0.1, 0.15) is 10.4 Å². The highest BCUT2D eigenvalue weighted by Gasteiger charge is 2.11. The second kappa shape index (κ2) is 6.81. The predicted octanol–water partition coefficient (Wildman–Crippen LogP) is 2.54. The maximum Gasteiger partial charge on any atom is 0.255 e. The Balaban J connectivity index is 2.90. The number of amides is 1. The number of hydrogen-bond acceptors (Lipinski definition) is 3. The maximum absolute atomic E-state index is 11.8. The molecule has 5 heteroatoms. The zero-order valence-corrected chi connectivity index (χ0v) is 11.7. The van der Waals surface area contributed by atoms with Gasteiger partial charge in [-0.3, -0.25) is 4.79 Å². The number of rotatable bonds is 5. The Morgan fingerprint density at radius 1 is 1.56 bits per heavy atom. The average Bonchev–Trinajstić information content (AvgIpc) is 2.34. The summed E-state index contributed by atoms with van der Waals surface area (Å²) in [5, 5.41) is 3.53. The standard InChI is InChI=1S/C11H14BrNO2S/c1-15-10-7-8(16-2)3-4-9(10)11(14)13-6-5-12/h3-4,7H,5-6H2,1-2H3,(H,13,14). The van der Waals surface area contributed by atoms with Crippen LogP contribution < -0.4 is 10.1 Å². The van der Waals surface area contributed by atoms with Crippen molar-refractivity contribution < 1.29 is 9.53 Å². The van der Waals surface area contributed by atoms with Crippen LogP contribution >= 0.6 is 27.7 Å². The van der Waals surface area contributed by atoms with Gasteiger partial charge in [0.05, 0.1) is 12.7 Å². The number of halogens is 1. The minimum absolute atomic E-state index is 0.107. The highest BCUT2D eigenvalue weighted by atomic mass is 79.9. The number of carbonyl (C=O) groups excluding carboxylic acids is 1. The SMILES string of the molecule is COc1cc(SC)ccc1C(=O)NCCBr. The number of benzene rings is 1. The van der Waals surface area contributed by atoms with Gasteiger partial charge in [-0.2, -0.15) is 0 Å². The van der Waals surface area contributed by atoms with Crippen molar-refractivity contribution in [1.82, 2.24) is 5.32 Å². The molecule has 0 aliphatic heterocycles. The molecular formula is C11H14BrNO2S. The monoisotopic (exact) mass is 303 g/mol. The molecule has 1 rings (SSSR count). The highest BCUT2D eigenvalue weighted by molar-refractivity contribution is 9.09. The van der Waals surface area contributed by atoms with Crippen molar-refractivity contribution in [2.45, 2.75) is 4.90 Å². The molecule has 1 amide bonds. The number of carbonyl (C=O) groups is 1. The quantitative estimate of drug-likeness (QED) is 0.671. The van der Waals surface area contributed by atoms with E-state index in [4.69, 9.17) is 4.74 Å². The fourth-order valence-corrected chi connectivity index (χ4v) is 1.87. The van der Waals surface area contributed by atoms with E-state index in [0.717, 1.165) is 10.2 Å². The molecule has 0 atom stereocenters. The highest BCUT2D eigenvalue weighted by Crippen LogP contribution is 2.25. The summed E-state index contributed by atoms with van der Waals surface area (Å²) in [5.41, 5.74) is 0.571. The van der Waals surface area contributed by atoms with Crippen LogP contribution in [0.5, 0.6) is 5.75 Å². The lowest BCUT2D eigenvalue weighted by atomic mass is 10.2. The lowest BCUT2D eigenvalue weighted by Gasteiger charge is -2.09. The van der Waals surface area contributed by atoms with Crippen LogP contribution in [-0.2, 0) is 0 Å². The largest absolute Gasteiger partial charge is 0.496 e. The topological polar surface area (TPSA) is 38.3 Å². The maximum atomic E-state index is 11.8. The van der Waals surface area contributed by atoms with Crippen molar-refractivity contribution in [3.63, 3.8) is 0 Å². The van der Waals surface area contributed by atoms with Crippen molar-refractivity contribution in [2.24, 2.45) is 0 Å². The minimum atomic E-state index is -0.107. The van der Waals surface area contributed by atoms with Crippen molar-refractivity contribution >= 4 is 33.6 Å². The zero-order chi connectivity index (χ0) is 12.0. The van der Waals surface area contributed by atoms with Crippen molar-refractivity contribution in [3.05, 3.63) is 23.8 Å². The van der Waals surface area contributed by atoms with Gasteiger partial charge >= 0.3 is 0 Å². The molecule has 88 valence electrons. The normalized spacial score (nSPS) is 9.94. The first-order chi connectivity index (χ1) is 7.72. The minimum Gasteiger partial charge on any atom is -0.496 e. The molecule has 0 saturated carbocycles. The van der Waals surface area contributed by atoms with Crippen molar-refractivity contribution in [3.8, 4) is 5.75 Å². The van der Waals surface area contributed by atoms with Gasteiger partial charge in [-0.25, -0.2) is 0 Å². The molecular weight excluding hydrogens is 290 g/mol. The van der Waals surface area contributed by atoms with E-state index in [2.05, 4.69) is 21.2 Å². The van der Waals surface area contributed by atoms with Crippen LogP contribution in [0.15, 0.2) is 23.1 Å². The molecule has 0 aliphatic carbocycles. The number of hydrogen-bond donors (Lipinski definition) is 1. The number of methoxy groups -OCH3 is 1. The van der Waals surface area contributed by atoms with Gasteiger partial charge in [-0.1, -0.05) is 15.9 Å². The Morgan fingerprint density at radius 3 is 2.88 bits per heavy atom. The van der Waals surface area contributed by atoms with Crippen molar-refractivity contribution in [1.29, 1.82) is 0 Å². The molecule has 0 aromatic heterocycles. The second-order valence-corrected chi connectivity index (χ2v) is 4.68. The second-order valence-electron chi connectivity index (χ2n) is 3.01. The van der Waals surface area contributed by atoms with Crippen LogP contribution in [-0.4, -0.2) is 31.1 Å². The van der Waals surface area contributed by atoms with Gasteiger partial charge in [-0.15, -0.1) is 11.8 Å². The summed E-state index contributed by atoms with van der Waals surface area (Å²) in [6.45, 7) is 0.603. The summed E-state index contributed by atoms with van der Waals surface area (Å²) >= 11 is 4.88. The molecule has 1 aromatic carbocycles. The fourth-order valence-electron chi connectivity index (χ4n) is 1.24. The van der Waals surface area contributed by atoms with Crippen LogP contribution in [0.25, 0.3) is 0 Å². The lowest BCUT2D eigenvalue weighted by molar-refractivity contribution is 0.0953. The molecule has 0 saturated heterocycles. The molecule has 0 fully saturated rings. The Morgan fingerprint density at radius 2 is 2.31 bits per heavy atom. The molecule has 3 nitrogen and oxygen atoms in total. The van der Waals surface area contributed by atoms with Crippen LogP contribution in [0.4, 0.5) is 0 Å². The van der Waals surface area contributed by atoms with Gasteiger partial charge in [0.25, 0.3) is 5.91 Å². The molecule has 0 bridgehead atoms. The smallest absolute Gasteiger partial charge is 0.255 e. The third-order valence-electron chi connectivity index (χ3n) is 2.03.